The number of benzene rings is 1. The summed E-state index contributed by atoms with van der Waals surface area (Å²) in [6.07, 6.45) is 3.70. The van der Waals surface area contributed by atoms with Crippen LogP contribution in [0.2, 0.25) is 0 Å². The van der Waals surface area contributed by atoms with Crippen LogP contribution in [0, 0.1) is 17.9 Å². The summed E-state index contributed by atoms with van der Waals surface area (Å²) in [4.78, 5) is 0. The molecule has 1 nitrogen and oxygen atoms in total. The van der Waals surface area contributed by atoms with Crippen molar-refractivity contribution in [3.8, 4) is 0 Å². The van der Waals surface area contributed by atoms with Gasteiger partial charge >= 0.3 is 0 Å². The zero-order chi connectivity index (χ0) is 13.4. The van der Waals surface area contributed by atoms with Gasteiger partial charge in [0.2, 0.25) is 0 Å². The van der Waals surface area contributed by atoms with Crippen molar-refractivity contribution >= 4 is 0 Å². The molecule has 0 aliphatic carbocycles. The first kappa shape index (κ1) is 15.2. The van der Waals surface area contributed by atoms with E-state index in [2.05, 4.69) is 51.2 Å². The van der Waals surface area contributed by atoms with E-state index in [1.165, 1.54) is 30.4 Å². The van der Waals surface area contributed by atoms with Crippen LogP contribution in [-0.4, -0.2) is 6.54 Å². The number of nitrogens with one attached hydrogen (secondary N) is 1. The normalized spacial score (nSPS) is 12.9. The molecule has 1 radical (unpaired) electrons. The molecular weight excluding hydrogens is 218 g/mol. The van der Waals surface area contributed by atoms with Gasteiger partial charge in [-0.3, -0.25) is 0 Å². The van der Waals surface area contributed by atoms with Crippen LogP contribution in [0.1, 0.15) is 51.7 Å². The monoisotopic (exact) mass is 246 g/mol. The van der Waals surface area contributed by atoms with Gasteiger partial charge in [0, 0.05) is 6.54 Å². The molecule has 0 amide bonds. The summed E-state index contributed by atoms with van der Waals surface area (Å²) in [5.41, 5.74) is 2.90. The molecule has 0 fully saturated rings. The number of hydrogen-bond acceptors (Lipinski definition) is 1. The Hall–Kier alpha value is -0.820. The zero-order valence-corrected chi connectivity index (χ0v) is 12.4. The quantitative estimate of drug-likeness (QED) is 0.724. The minimum atomic E-state index is 0.761. The molecule has 1 aromatic carbocycles. The van der Waals surface area contributed by atoms with Gasteiger partial charge in [-0.05, 0) is 54.5 Å². The van der Waals surface area contributed by atoms with Crippen LogP contribution in [0.15, 0.2) is 18.2 Å². The predicted octanol–water partition coefficient (Wildman–Crippen LogP) is 4.21. The summed E-state index contributed by atoms with van der Waals surface area (Å²) in [5.74, 6) is 1.53. The second kappa shape index (κ2) is 8.31. The van der Waals surface area contributed by atoms with Crippen molar-refractivity contribution in [3.05, 3.63) is 35.4 Å². The minimum Gasteiger partial charge on any atom is -0.312 e. The van der Waals surface area contributed by atoms with E-state index in [-0.39, 0.29) is 0 Å². The lowest BCUT2D eigenvalue weighted by atomic mass is 9.98. The SMILES string of the molecule is CCC(C)CNCc1c[c]ccc1CCC(C)C. The molecule has 18 heavy (non-hydrogen) atoms. The van der Waals surface area contributed by atoms with Gasteiger partial charge in [-0.15, -0.1) is 0 Å². The molecule has 1 atom stereocenters. The van der Waals surface area contributed by atoms with E-state index in [0.29, 0.717) is 0 Å². The second-order valence-electron chi connectivity index (χ2n) is 5.77. The molecule has 0 saturated carbocycles. The van der Waals surface area contributed by atoms with Crippen molar-refractivity contribution in [2.75, 3.05) is 6.54 Å². The summed E-state index contributed by atoms with van der Waals surface area (Å²) < 4.78 is 0. The van der Waals surface area contributed by atoms with E-state index in [9.17, 15) is 0 Å². The molecule has 1 unspecified atom stereocenters. The van der Waals surface area contributed by atoms with Crippen molar-refractivity contribution < 1.29 is 0 Å². The largest absolute Gasteiger partial charge is 0.312 e. The highest BCUT2D eigenvalue weighted by Gasteiger charge is 2.04. The molecule has 0 heterocycles. The average Bonchev–Trinajstić information content (AvgIpc) is 2.37. The third-order valence-corrected chi connectivity index (χ3v) is 3.55. The molecule has 1 rings (SSSR count). The number of hydrogen-bond donors (Lipinski definition) is 1. The molecule has 1 heteroatoms. The highest BCUT2D eigenvalue weighted by molar-refractivity contribution is 5.26. The minimum absolute atomic E-state index is 0.761. The Bertz CT molecular complexity index is 330. The Balaban J connectivity index is 2.48. The lowest BCUT2D eigenvalue weighted by Gasteiger charge is -2.13. The van der Waals surface area contributed by atoms with Crippen molar-refractivity contribution in [1.82, 2.24) is 5.32 Å². The van der Waals surface area contributed by atoms with Gasteiger partial charge in [0.1, 0.15) is 0 Å². The predicted molar refractivity (Wildman–Crippen MR) is 79.6 cm³/mol. The summed E-state index contributed by atoms with van der Waals surface area (Å²) in [7, 11) is 0. The van der Waals surface area contributed by atoms with Gasteiger partial charge in [-0.25, -0.2) is 0 Å². The van der Waals surface area contributed by atoms with E-state index >= 15 is 0 Å². The van der Waals surface area contributed by atoms with E-state index in [4.69, 9.17) is 0 Å². The van der Waals surface area contributed by atoms with Gasteiger partial charge < -0.3 is 5.32 Å². The second-order valence-corrected chi connectivity index (χ2v) is 5.77. The van der Waals surface area contributed by atoms with E-state index in [1.54, 1.807) is 0 Å². The zero-order valence-electron chi connectivity index (χ0n) is 12.4. The number of rotatable bonds is 8. The maximum atomic E-state index is 3.56. The Morgan fingerprint density at radius 2 is 2.00 bits per heavy atom. The van der Waals surface area contributed by atoms with Crippen LogP contribution < -0.4 is 5.32 Å². The van der Waals surface area contributed by atoms with Crippen LogP contribution in [0.5, 0.6) is 0 Å². The third kappa shape index (κ3) is 5.68. The summed E-state index contributed by atoms with van der Waals surface area (Å²) in [6.45, 7) is 11.2. The van der Waals surface area contributed by atoms with Crippen LogP contribution in [-0.2, 0) is 13.0 Å². The molecule has 1 aromatic rings. The molecule has 1 N–H and O–H groups in total. The fraction of sp³-hybridized carbons (Fsp3) is 0.647. The summed E-state index contributed by atoms with van der Waals surface area (Å²) >= 11 is 0. The van der Waals surface area contributed by atoms with Crippen molar-refractivity contribution in [1.29, 1.82) is 0 Å². The molecule has 0 aromatic heterocycles. The maximum Gasteiger partial charge on any atom is 0.0208 e. The van der Waals surface area contributed by atoms with Crippen molar-refractivity contribution in [3.63, 3.8) is 0 Å². The fourth-order valence-electron chi connectivity index (χ4n) is 1.95. The van der Waals surface area contributed by atoms with Gasteiger partial charge in [-0.1, -0.05) is 46.2 Å². The Morgan fingerprint density at radius 1 is 1.22 bits per heavy atom. The molecule has 0 saturated heterocycles. The standard InChI is InChI=1S/C17H28N/c1-5-15(4)12-18-13-17-9-7-6-8-16(17)11-10-14(2)3/h6,8-9,14-15,18H,5,10-13H2,1-4H3. The summed E-state index contributed by atoms with van der Waals surface area (Å²) in [5, 5.41) is 3.56. The van der Waals surface area contributed by atoms with Crippen LogP contribution in [0.25, 0.3) is 0 Å². The Labute approximate surface area is 113 Å². The number of aryl methyl sites for hydroxylation is 1. The smallest absolute Gasteiger partial charge is 0.0208 e. The van der Waals surface area contributed by atoms with Crippen LogP contribution in [0.4, 0.5) is 0 Å². The van der Waals surface area contributed by atoms with Gasteiger partial charge in [0.15, 0.2) is 0 Å². The Morgan fingerprint density at radius 3 is 2.67 bits per heavy atom. The molecule has 0 bridgehead atoms. The van der Waals surface area contributed by atoms with Crippen molar-refractivity contribution in [2.45, 2.75) is 53.5 Å². The topological polar surface area (TPSA) is 12.0 Å². The van der Waals surface area contributed by atoms with E-state index < -0.39 is 0 Å². The van der Waals surface area contributed by atoms with Gasteiger partial charge in [0.25, 0.3) is 0 Å². The highest BCUT2D eigenvalue weighted by Crippen LogP contribution is 2.14. The van der Waals surface area contributed by atoms with Crippen LogP contribution in [0.3, 0.4) is 0 Å². The lowest BCUT2D eigenvalue weighted by Crippen LogP contribution is -2.21. The maximum absolute atomic E-state index is 3.56. The summed E-state index contributed by atoms with van der Waals surface area (Å²) in [6, 6.07) is 9.60. The first-order valence-electron chi connectivity index (χ1n) is 7.32. The highest BCUT2D eigenvalue weighted by atomic mass is 14.9. The molecule has 0 aliphatic rings. The van der Waals surface area contributed by atoms with Crippen LogP contribution >= 0.6 is 0 Å². The first-order chi connectivity index (χ1) is 8.63. The third-order valence-electron chi connectivity index (χ3n) is 3.55. The van der Waals surface area contributed by atoms with E-state index in [0.717, 1.165) is 24.9 Å². The average molecular weight is 246 g/mol. The van der Waals surface area contributed by atoms with Gasteiger partial charge in [-0.2, -0.15) is 0 Å². The first-order valence-corrected chi connectivity index (χ1v) is 7.32. The Kier molecular flexibility index (Phi) is 7.04. The lowest BCUT2D eigenvalue weighted by molar-refractivity contribution is 0.498. The van der Waals surface area contributed by atoms with Crippen molar-refractivity contribution in [2.24, 2.45) is 11.8 Å². The molecule has 0 spiro atoms. The molecule has 101 valence electrons. The fourth-order valence-corrected chi connectivity index (χ4v) is 1.95. The van der Waals surface area contributed by atoms with Gasteiger partial charge in [0.05, 0.1) is 0 Å². The molecule has 0 aliphatic heterocycles. The molecular formula is C17H28N. The van der Waals surface area contributed by atoms with E-state index in [1.807, 2.05) is 6.07 Å².